The number of nitrogens with zero attached hydrogens (tertiary/aromatic N) is 4. The van der Waals surface area contributed by atoms with Crippen molar-refractivity contribution in [2.45, 2.75) is 79.7 Å². The van der Waals surface area contributed by atoms with Crippen LogP contribution in [0, 0.1) is 0 Å². The molecule has 6 aromatic rings. The third-order valence-corrected chi connectivity index (χ3v) is 15.2. The average Bonchev–Trinajstić information content (AvgIpc) is 3.34. The summed E-state index contributed by atoms with van der Waals surface area (Å²) in [5, 5.41) is 9.70. The summed E-state index contributed by atoms with van der Waals surface area (Å²) in [6.07, 6.45) is -7.94. The number of nitrogens with two attached hydrogens (primary N) is 1. The summed E-state index contributed by atoms with van der Waals surface area (Å²) in [5.41, 5.74) is 7.79. The number of hydrogen-bond donors (Lipinski definition) is 5. The van der Waals surface area contributed by atoms with Crippen LogP contribution in [0.15, 0.2) is 107 Å². The molecule has 0 saturated carbocycles. The molecule has 0 fully saturated rings. The van der Waals surface area contributed by atoms with E-state index in [2.05, 4.69) is 35.9 Å². The molecule has 2 aromatic heterocycles. The number of anilines is 7. The second-order valence-corrected chi connectivity index (χ2v) is 22.1. The van der Waals surface area contributed by atoms with Gasteiger partial charge in [-0.3, -0.25) is 9.59 Å². The monoisotopic (exact) mass is 1150 g/mol. The molecular formula is C47H48Cl3F6N9O8S2. The fourth-order valence-corrected chi connectivity index (χ4v) is 8.87. The summed E-state index contributed by atoms with van der Waals surface area (Å²) in [6.45, 7) is 6.16. The lowest BCUT2D eigenvalue weighted by molar-refractivity contribution is -0.173. The van der Waals surface area contributed by atoms with E-state index in [0.717, 1.165) is 0 Å². The van der Waals surface area contributed by atoms with E-state index in [1.54, 1.807) is 75.5 Å². The molecule has 17 nitrogen and oxygen atoms in total. The van der Waals surface area contributed by atoms with Crippen LogP contribution >= 0.6 is 34.8 Å². The topological polar surface area (TPSA) is 247 Å². The van der Waals surface area contributed by atoms with Crippen LogP contribution < -0.4 is 36.5 Å². The van der Waals surface area contributed by atoms with Crippen LogP contribution in [0.25, 0.3) is 0 Å². The molecule has 0 aliphatic heterocycles. The standard InChI is InChI=1S/C24H24ClF3N4O4S.C13H13Cl2N3O2S.C10H11F3N2O2/c1-14(2)37(34,35)20-7-5-4-6-17(20)30-22-16(25)13-29-23(32-22)31-18-12-15(8-10-19(18)36-3)9-11-21(33)24(26,27)28;1-8(2)21(19,20)11-6-4-3-5-10(11)17-12-9(14)7-16-13(15)18-12;1-17-8-3-2-6(4-7(8)14)5-15-9(16)10(11,12)13/h4-8,10,12-14H,9,11H2,1-3H3,(H2,29,30,31,32);3-8H,1-2H3,(H,16,17,18);2-4H,5,14H2,1H3,(H,15,16). The van der Waals surface area contributed by atoms with Crippen LogP contribution in [-0.2, 0) is 42.2 Å². The number of ether oxygens (including phenoxy) is 2. The Morgan fingerprint density at radius 1 is 0.640 bits per heavy atom. The minimum absolute atomic E-state index is 0.0195. The minimum Gasteiger partial charge on any atom is -0.495 e. The normalized spacial score (nSPS) is 11.6. The maximum atomic E-state index is 12.8. The van der Waals surface area contributed by atoms with Gasteiger partial charge in [0.2, 0.25) is 17.0 Å². The third kappa shape index (κ3) is 17.2. The first-order chi connectivity index (χ1) is 35.0. The SMILES string of the molecule is CC(C)S(=O)(=O)c1ccccc1Nc1nc(Cl)ncc1Cl.COc1ccc(CCC(=O)C(F)(F)F)cc1Nc1ncc(Cl)c(Nc2ccccc2S(=O)(=O)C(C)C)n1.COc1ccc(CNC(=O)C(F)(F)F)cc1N. The van der Waals surface area contributed by atoms with Crippen LogP contribution in [0.3, 0.4) is 0 Å². The van der Waals surface area contributed by atoms with E-state index in [1.807, 2.05) is 0 Å². The predicted octanol–water partition coefficient (Wildman–Crippen LogP) is 11.0. The Hall–Kier alpha value is -6.67. The maximum Gasteiger partial charge on any atom is 0.471 e. The predicted molar refractivity (Wildman–Crippen MR) is 274 cm³/mol. The second kappa shape index (κ2) is 26.2. The first kappa shape index (κ1) is 60.9. The molecular weight excluding hydrogens is 1100 g/mol. The van der Waals surface area contributed by atoms with Gasteiger partial charge in [-0.05, 0) is 105 Å². The summed E-state index contributed by atoms with van der Waals surface area (Å²) in [4.78, 5) is 38.2. The number of methoxy groups -OCH3 is 2. The van der Waals surface area contributed by atoms with Gasteiger partial charge in [0.1, 0.15) is 21.5 Å². The highest BCUT2D eigenvalue weighted by molar-refractivity contribution is 7.92. The lowest BCUT2D eigenvalue weighted by Gasteiger charge is -2.16. The molecule has 0 saturated heterocycles. The minimum atomic E-state index is -4.89. The van der Waals surface area contributed by atoms with Crippen molar-refractivity contribution >= 4 is 107 Å². The zero-order chi connectivity index (χ0) is 56.1. The Morgan fingerprint density at radius 2 is 1.13 bits per heavy atom. The third-order valence-electron chi connectivity index (χ3n) is 10.1. The smallest absolute Gasteiger partial charge is 0.471 e. The van der Waals surface area contributed by atoms with Crippen molar-refractivity contribution in [3.05, 3.63) is 124 Å². The highest BCUT2D eigenvalue weighted by Gasteiger charge is 2.38. The zero-order valence-electron chi connectivity index (χ0n) is 40.4. The van der Waals surface area contributed by atoms with Crippen LogP contribution in [-0.4, -0.2) is 85.5 Å². The fourth-order valence-electron chi connectivity index (χ4n) is 6.05. The molecule has 75 heavy (non-hydrogen) atoms. The number of benzene rings is 4. The molecule has 0 bridgehead atoms. The van der Waals surface area contributed by atoms with Gasteiger partial charge in [0.25, 0.3) is 0 Å². The van der Waals surface area contributed by atoms with E-state index in [4.69, 9.17) is 50.0 Å². The Bertz CT molecular complexity index is 3210. The van der Waals surface area contributed by atoms with Gasteiger partial charge in [-0.1, -0.05) is 59.6 Å². The molecule has 2 heterocycles. The van der Waals surface area contributed by atoms with Crippen molar-refractivity contribution in [1.82, 2.24) is 25.3 Å². The zero-order valence-corrected chi connectivity index (χ0v) is 44.3. The number of Topliss-reactive ketones (excluding diaryl/α,β-unsaturated/α-hetero) is 1. The first-order valence-corrected chi connectivity index (χ1v) is 25.9. The Morgan fingerprint density at radius 3 is 1.63 bits per heavy atom. The van der Waals surface area contributed by atoms with Crippen LogP contribution in [0.5, 0.6) is 11.5 Å². The van der Waals surface area contributed by atoms with Crippen LogP contribution in [0.4, 0.5) is 66.7 Å². The maximum absolute atomic E-state index is 12.8. The van der Waals surface area contributed by atoms with E-state index in [0.29, 0.717) is 39.7 Å². The Labute approximate surface area is 442 Å². The van der Waals surface area contributed by atoms with Crippen molar-refractivity contribution in [2.24, 2.45) is 0 Å². The van der Waals surface area contributed by atoms with E-state index >= 15 is 0 Å². The van der Waals surface area contributed by atoms with Crippen molar-refractivity contribution in [3.8, 4) is 11.5 Å². The molecule has 1 amide bonds. The summed E-state index contributed by atoms with van der Waals surface area (Å²) in [7, 11) is -4.20. The van der Waals surface area contributed by atoms with Gasteiger partial charge in [0, 0.05) is 13.0 Å². The number of rotatable bonds is 17. The quantitative estimate of drug-likeness (QED) is 0.0324. The Kier molecular flexibility index (Phi) is 21.3. The highest BCUT2D eigenvalue weighted by atomic mass is 35.5. The summed E-state index contributed by atoms with van der Waals surface area (Å²) in [5.74, 6) is -2.58. The van der Waals surface area contributed by atoms with Crippen molar-refractivity contribution in [1.29, 1.82) is 0 Å². The van der Waals surface area contributed by atoms with E-state index in [-0.39, 0.29) is 61.4 Å². The summed E-state index contributed by atoms with van der Waals surface area (Å²) in [6, 6.07) is 22.0. The molecule has 0 aliphatic rings. The molecule has 0 spiro atoms. The molecule has 28 heteroatoms. The number of ketones is 1. The number of carbonyl (C=O) groups is 2. The molecule has 6 N–H and O–H groups in total. The van der Waals surface area contributed by atoms with Crippen molar-refractivity contribution in [2.75, 3.05) is 35.9 Å². The number of hydrogen-bond acceptors (Lipinski definition) is 16. The van der Waals surface area contributed by atoms with Gasteiger partial charge in [-0.25, -0.2) is 26.8 Å². The van der Waals surface area contributed by atoms with Gasteiger partial charge in [0.05, 0.1) is 69.7 Å². The number of carbonyl (C=O) groups excluding carboxylic acids is 2. The number of aryl methyl sites for hydroxylation is 1. The molecule has 0 radical (unpaired) electrons. The van der Waals surface area contributed by atoms with Crippen LogP contribution in [0.2, 0.25) is 15.3 Å². The van der Waals surface area contributed by atoms with Gasteiger partial charge in [-0.15, -0.1) is 0 Å². The average molecular weight is 1150 g/mol. The van der Waals surface area contributed by atoms with E-state index in [1.165, 1.54) is 69.1 Å². The second-order valence-electron chi connectivity index (χ2n) is 16.0. The summed E-state index contributed by atoms with van der Waals surface area (Å²) < 4.78 is 134. The van der Waals surface area contributed by atoms with Gasteiger partial charge in [0.15, 0.2) is 31.3 Å². The number of nitrogens with one attached hydrogen (secondary N) is 4. The fraction of sp³-hybridized carbons (Fsp3) is 0.277. The number of alkyl halides is 6. The number of halogens is 9. The Balaban J connectivity index is 0.000000269. The van der Waals surface area contributed by atoms with Crippen molar-refractivity contribution in [3.63, 3.8) is 0 Å². The van der Waals surface area contributed by atoms with E-state index < -0.39 is 60.6 Å². The van der Waals surface area contributed by atoms with Gasteiger partial charge in [-0.2, -0.15) is 36.3 Å². The molecule has 6 rings (SSSR count). The van der Waals surface area contributed by atoms with Crippen LogP contribution in [0.1, 0.15) is 45.2 Å². The lowest BCUT2D eigenvalue weighted by atomic mass is 10.1. The highest BCUT2D eigenvalue weighted by Crippen LogP contribution is 2.34. The van der Waals surface area contributed by atoms with E-state index in [9.17, 15) is 52.8 Å². The first-order valence-electron chi connectivity index (χ1n) is 21.7. The molecule has 0 atom stereocenters. The largest absolute Gasteiger partial charge is 0.495 e. The number of sulfone groups is 2. The molecule has 0 aliphatic carbocycles. The number of aromatic nitrogens is 4. The molecule has 0 unspecified atom stereocenters. The van der Waals surface area contributed by atoms with Gasteiger partial charge >= 0.3 is 18.3 Å². The van der Waals surface area contributed by atoms with Gasteiger partial charge < -0.3 is 36.5 Å². The molecule has 4 aromatic carbocycles. The number of amides is 1. The summed E-state index contributed by atoms with van der Waals surface area (Å²) >= 11 is 18.0. The number of para-hydroxylation sites is 2. The molecule has 404 valence electrons. The van der Waals surface area contributed by atoms with Crippen molar-refractivity contribution < 1.29 is 62.2 Å². The lowest BCUT2D eigenvalue weighted by Crippen LogP contribution is -2.36. The number of nitrogen functional groups attached to an aromatic ring is 1.